The van der Waals surface area contributed by atoms with Crippen LogP contribution in [-0.2, 0) is 9.47 Å². The molecule has 0 aromatic carbocycles. The second-order valence-electron chi connectivity index (χ2n) is 7.01. The van der Waals surface area contributed by atoms with Crippen LogP contribution in [0.5, 0.6) is 0 Å². The number of guanidine groups is 1. The van der Waals surface area contributed by atoms with Gasteiger partial charge in [0.1, 0.15) is 6.04 Å². The maximum atomic E-state index is 12.9. The first-order chi connectivity index (χ1) is 12.9. The lowest BCUT2D eigenvalue weighted by Crippen LogP contribution is -2.56. The number of aliphatic imine (C=N–C) groups is 1. The average molecular weight is 394 g/mol. The Labute approximate surface area is 160 Å². The molecule has 2 rings (SSSR count). The first kappa shape index (κ1) is 22.2. The normalized spacial score (nSPS) is 22.1. The second kappa shape index (κ2) is 11.1. The molecule has 0 aliphatic carbocycles. The largest absolute Gasteiger partial charge is 0.403 e. The summed E-state index contributed by atoms with van der Waals surface area (Å²) >= 11 is 0. The molecular formula is C18H33F3N4O2. The quantitative estimate of drug-likeness (QED) is 0.407. The highest BCUT2D eigenvalue weighted by molar-refractivity contribution is 5.80. The molecule has 1 unspecified atom stereocenters. The van der Waals surface area contributed by atoms with E-state index in [0.717, 1.165) is 45.0 Å². The topological polar surface area (TPSA) is 49.3 Å². The zero-order valence-electron chi connectivity index (χ0n) is 16.4. The minimum absolute atomic E-state index is 0.291. The van der Waals surface area contributed by atoms with Crippen LogP contribution in [0, 0.1) is 0 Å². The molecule has 0 radical (unpaired) electrons. The van der Waals surface area contributed by atoms with Crippen molar-refractivity contribution < 1.29 is 22.6 Å². The monoisotopic (exact) mass is 394 g/mol. The van der Waals surface area contributed by atoms with E-state index in [0.29, 0.717) is 45.4 Å². The van der Waals surface area contributed by atoms with E-state index >= 15 is 0 Å². The van der Waals surface area contributed by atoms with Crippen LogP contribution in [0.25, 0.3) is 0 Å². The number of ether oxygens (including phenoxy) is 2. The highest BCUT2D eigenvalue weighted by Crippen LogP contribution is 2.25. The molecule has 2 heterocycles. The Morgan fingerprint density at radius 2 is 1.89 bits per heavy atom. The molecule has 0 saturated carbocycles. The molecule has 1 atom stereocenters. The van der Waals surface area contributed by atoms with Crippen molar-refractivity contribution in [3.05, 3.63) is 0 Å². The lowest BCUT2D eigenvalue weighted by atomic mass is 10.1. The maximum Gasteiger partial charge on any atom is 0.403 e. The molecule has 0 amide bonds. The number of nitrogens with zero attached hydrogens (tertiary/aromatic N) is 3. The summed E-state index contributed by atoms with van der Waals surface area (Å²) in [5.74, 6) is 0.780. The van der Waals surface area contributed by atoms with Gasteiger partial charge in [-0.3, -0.25) is 9.89 Å². The minimum Gasteiger partial charge on any atom is -0.381 e. The summed E-state index contributed by atoms with van der Waals surface area (Å²) in [7, 11) is 0. The van der Waals surface area contributed by atoms with Crippen molar-refractivity contribution in [3.63, 3.8) is 0 Å². The summed E-state index contributed by atoms with van der Waals surface area (Å²) in [5.41, 5.74) is 0. The lowest BCUT2D eigenvalue weighted by Gasteiger charge is -2.39. The Balaban J connectivity index is 1.73. The summed E-state index contributed by atoms with van der Waals surface area (Å²) in [6.07, 6.45) is -1.15. The van der Waals surface area contributed by atoms with Gasteiger partial charge in [0.15, 0.2) is 5.96 Å². The minimum atomic E-state index is -4.18. The third kappa shape index (κ3) is 7.46. The van der Waals surface area contributed by atoms with Crippen LogP contribution in [0.1, 0.15) is 33.1 Å². The van der Waals surface area contributed by atoms with Crippen molar-refractivity contribution in [1.29, 1.82) is 0 Å². The van der Waals surface area contributed by atoms with Gasteiger partial charge in [0.05, 0.1) is 6.10 Å². The third-order valence-electron chi connectivity index (χ3n) is 5.06. The Bertz CT molecular complexity index is 448. The molecule has 27 heavy (non-hydrogen) atoms. The summed E-state index contributed by atoms with van der Waals surface area (Å²) in [6.45, 7) is 8.68. The number of nitrogens with one attached hydrogen (secondary N) is 1. The predicted molar refractivity (Wildman–Crippen MR) is 99.1 cm³/mol. The summed E-state index contributed by atoms with van der Waals surface area (Å²) in [5, 5.41) is 3.24. The van der Waals surface area contributed by atoms with Crippen molar-refractivity contribution in [3.8, 4) is 0 Å². The molecule has 2 saturated heterocycles. The summed E-state index contributed by atoms with van der Waals surface area (Å²) in [4.78, 5) is 8.16. The van der Waals surface area contributed by atoms with Crippen LogP contribution in [0.2, 0.25) is 0 Å². The van der Waals surface area contributed by atoms with E-state index in [1.807, 2.05) is 11.8 Å². The van der Waals surface area contributed by atoms with Crippen molar-refractivity contribution in [1.82, 2.24) is 15.1 Å². The fourth-order valence-electron chi connectivity index (χ4n) is 3.30. The molecular weight excluding hydrogens is 361 g/mol. The van der Waals surface area contributed by atoms with Gasteiger partial charge < -0.3 is 19.7 Å². The molecule has 158 valence electrons. The van der Waals surface area contributed by atoms with Crippen LogP contribution < -0.4 is 5.32 Å². The van der Waals surface area contributed by atoms with E-state index in [1.165, 1.54) is 11.8 Å². The van der Waals surface area contributed by atoms with Gasteiger partial charge in [0.2, 0.25) is 0 Å². The van der Waals surface area contributed by atoms with Crippen molar-refractivity contribution >= 4 is 5.96 Å². The van der Waals surface area contributed by atoms with Gasteiger partial charge in [-0.25, -0.2) is 0 Å². The number of hydrogen-bond donors (Lipinski definition) is 1. The first-order valence-electron chi connectivity index (χ1n) is 9.95. The van der Waals surface area contributed by atoms with Gasteiger partial charge in [0.25, 0.3) is 0 Å². The third-order valence-corrected chi connectivity index (χ3v) is 5.06. The molecule has 2 aliphatic heterocycles. The number of hydrogen-bond acceptors (Lipinski definition) is 4. The summed E-state index contributed by atoms with van der Waals surface area (Å²) in [6, 6.07) is -1.40. The van der Waals surface area contributed by atoms with Crippen molar-refractivity contribution in [2.24, 2.45) is 4.99 Å². The maximum absolute atomic E-state index is 12.9. The van der Waals surface area contributed by atoms with Gasteiger partial charge in [0, 0.05) is 59.1 Å². The number of halogens is 3. The second-order valence-corrected chi connectivity index (χ2v) is 7.01. The predicted octanol–water partition coefficient (Wildman–Crippen LogP) is 2.11. The van der Waals surface area contributed by atoms with Gasteiger partial charge in [-0.1, -0.05) is 0 Å². The van der Waals surface area contributed by atoms with E-state index < -0.39 is 12.2 Å². The van der Waals surface area contributed by atoms with Crippen LogP contribution in [-0.4, -0.2) is 93.2 Å². The fraction of sp³-hybridized carbons (Fsp3) is 0.944. The molecule has 0 aromatic heterocycles. The van der Waals surface area contributed by atoms with Gasteiger partial charge >= 0.3 is 6.18 Å². The van der Waals surface area contributed by atoms with E-state index in [-0.39, 0.29) is 0 Å². The smallest absolute Gasteiger partial charge is 0.381 e. The first-order valence-corrected chi connectivity index (χ1v) is 9.95. The van der Waals surface area contributed by atoms with Crippen LogP contribution in [0.4, 0.5) is 13.2 Å². The number of alkyl halides is 3. The van der Waals surface area contributed by atoms with Crippen LogP contribution in [0.15, 0.2) is 4.99 Å². The fourth-order valence-corrected chi connectivity index (χ4v) is 3.30. The van der Waals surface area contributed by atoms with Crippen LogP contribution in [0.3, 0.4) is 0 Å². The Hall–Kier alpha value is -1.06. The SMILES string of the molecule is CCNC(=NCCCOC1CCOCC1)N1CCN(C(C)C(F)(F)F)CC1. The zero-order chi connectivity index (χ0) is 19.7. The van der Waals surface area contributed by atoms with Crippen molar-refractivity contribution in [2.45, 2.75) is 51.4 Å². The lowest BCUT2D eigenvalue weighted by molar-refractivity contribution is -0.181. The molecule has 0 bridgehead atoms. The summed E-state index contributed by atoms with van der Waals surface area (Å²) < 4.78 is 49.8. The van der Waals surface area contributed by atoms with Gasteiger partial charge in [-0.2, -0.15) is 13.2 Å². The Kier molecular flexibility index (Phi) is 9.11. The van der Waals surface area contributed by atoms with E-state index in [9.17, 15) is 13.2 Å². The molecule has 6 nitrogen and oxygen atoms in total. The zero-order valence-corrected chi connectivity index (χ0v) is 16.4. The van der Waals surface area contributed by atoms with Crippen molar-refractivity contribution in [2.75, 3.05) is 59.1 Å². The van der Waals surface area contributed by atoms with E-state index in [2.05, 4.69) is 10.3 Å². The highest BCUT2D eigenvalue weighted by atomic mass is 19.4. The molecule has 0 aromatic rings. The number of rotatable bonds is 7. The van der Waals surface area contributed by atoms with Crippen LogP contribution >= 0.6 is 0 Å². The molecule has 1 N–H and O–H groups in total. The highest BCUT2D eigenvalue weighted by Gasteiger charge is 2.41. The standard InChI is InChI=1S/C18H33F3N4O2/c1-3-22-17(23-7-4-12-27-16-5-13-26-14-6-16)25-10-8-24(9-11-25)15(2)18(19,20)21/h15-16H,3-14H2,1-2H3,(H,22,23). The molecule has 2 fully saturated rings. The van der Waals surface area contributed by atoms with Gasteiger partial charge in [-0.15, -0.1) is 0 Å². The molecule has 2 aliphatic rings. The number of piperazine rings is 1. The Morgan fingerprint density at radius 1 is 1.22 bits per heavy atom. The average Bonchev–Trinajstić information content (AvgIpc) is 2.66. The van der Waals surface area contributed by atoms with E-state index in [1.54, 1.807) is 0 Å². The Morgan fingerprint density at radius 3 is 2.48 bits per heavy atom. The molecule has 9 heteroatoms. The van der Waals surface area contributed by atoms with Gasteiger partial charge in [-0.05, 0) is 33.1 Å². The molecule has 0 spiro atoms. The van der Waals surface area contributed by atoms with E-state index in [4.69, 9.17) is 9.47 Å².